The maximum atomic E-state index is 6.17. The van der Waals surface area contributed by atoms with Gasteiger partial charge in [0.05, 0.1) is 0 Å². The first-order chi connectivity index (χ1) is 8.68. The number of aryl methyl sites for hydroxylation is 1. The molecule has 0 aliphatic rings. The Kier molecular flexibility index (Phi) is 4.67. The van der Waals surface area contributed by atoms with Gasteiger partial charge in [0.2, 0.25) is 0 Å². The maximum absolute atomic E-state index is 6.17. The van der Waals surface area contributed by atoms with Gasteiger partial charge < -0.3 is 9.88 Å². The average molecular weight is 265 g/mol. The van der Waals surface area contributed by atoms with Crippen LogP contribution in [-0.4, -0.2) is 17.2 Å². The van der Waals surface area contributed by atoms with Crippen LogP contribution < -0.4 is 5.32 Å². The van der Waals surface area contributed by atoms with E-state index < -0.39 is 0 Å². The molecule has 0 bridgehead atoms. The second kappa shape index (κ2) is 6.26. The fourth-order valence-electron chi connectivity index (χ4n) is 2.18. The molecule has 98 valence electrons. The average Bonchev–Trinajstić information content (AvgIpc) is 2.73. The van der Waals surface area contributed by atoms with Crippen LogP contribution in [0.5, 0.6) is 0 Å². The summed E-state index contributed by atoms with van der Waals surface area (Å²) in [5.41, 5.74) is 1.24. The maximum Gasteiger partial charge on any atom is 0.0499 e. The van der Waals surface area contributed by atoms with Crippen molar-refractivity contribution in [2.24, 2.45) is 0 Å². The summed E-state index contributed by atoms with van der Waals surface area (Å²) in [5.74, 6) is 0. The molecule has 0 fully saturated rings. The summed E-state index contributed by atoms with van der Waals surface area (Å²) < 4.78 is 2.29. The van der Waals surface area contributed by atoms with E-state index in [1.807, 2.05) is 12.1 Å². The van der Waals surface area contributed by atoms with Gasteiger partial charge in [0.15, 0.2) is 0 Å². The van der Waals surface area contributed by atoms with E-state index in [1.54, 1.807) is 0 Å². The van der Waals surface area contributed by atoms with Gasteiger partial charge in [0, 0.05) is 34.7 Å². The summed E-state index contributed by atoms with van der Waals surface area (Å²) in [4.78, 5) is 0. The zero-order valence-corrected chi connectivity index (χ0v) is 11.9. The van der Waals surface area contributed by atoms with Gasteiger partial charge in [-0.2, -0.15) is 0 Å². The second-order valence-electron chi connectivity index (χ2n) is 5.00. The standard InChI is InChI=1S/C15H21ClN2/c1-12(2)17-9-3-4-10-18-11-8-13-14(16)6-5-7-15(13)18/h5-8,11-12,17H,3-4,9-10H2,1-2H3. The predicted octanol–water partition coefficient (Wildman–Crippen LogP) is 4.07. The largest absolute Gasteiger partial charge is 0.347 e. The van der Waals surface area contributed by atoms with Gasteiger partial charge in [0.25, 0.3) is 0 Å². The van der Waals surface area contributed by atoms with Crippen molar-refractivity contribution in [2.45, 2.75) is 39.3 Å². The first-order valence-corrected chi connectivity index (χ1v) is 7.03. The van der Waals surface area contributed by atoms with Crippen molar-refractivity contribution >= 4 is 22.5 Å². The Morgan fingerprint density at radius 1 is 1.22 bits per heavy atom. The first kappa shape index (κ1) is 13.4. The zero-order valence-electron chi connectivity index (χ0n) is 11.1. The van der Waals surface area contributed by atoms with Crippen molar-refractivity contribution in [1.29, 1.82) is 0 Å². The van der Waals surface area contributed by atoms with Crippen molar-refractivity contribution in [2.75, 3.05) is 6.54 Å². The van der Waals surface area contributed by atoms with Gasteiger partial charge in [-0.25, -0.2) is 0 Å². The first-order valence-electron chi connectivity index (χ1n) is 6.65. The molecule has 1 heterocycles. The van der Waals surface area contributed by atoms with Crippen LogP contribution in [0.15, 0.2) is 30.5 Å². The van der Waals surface area contributed by atoms with Gasteiger partial charge in [-0.3, -0.25) is 0 Å². The highest BCUT2D eigenvalue weighted by Crippen LogP contribution is 2.24. The van der Waals surface area contributed by atoms with Gasteiger partial charge in [0.1, 0.15) is 0 Å². The minimum atomic E-state index is 0.580. The highest BCUT2D eigenvalue weighted by molar-refractivity contribution is 6.35. The Morgan fingerprint density at radius 2 is 2.06 bits per heavy atom. The number of hydrogen-bond acceptors (Lipinski definition) is 1. The number of benzene rings is 1. The molecule has 0 atom stereocenters. The van der Waals surface area contributed by atoms with E-state index in [0.29, 0.717) is 6.04 Å². The Labute approximate surface area is 114 Å². The summed E-state index contributed by atoms with van der Waals surface area (Å²) >= 11 is 6.17. The summed E-state index contributed by atoms with van der Waals surface area (Å²) in [6.45, 7) is 6.52. The minimum absolute atomic E-state index is 0.580. The molecule has 0 amide bonds. The van der Waals surface area contributed by atoms with E-state index in [-0.39, 0.29) is 0 Å². The molecule has 0 aliphatic carbocycles. The normalized spacial score (nSPS) is 11.6. The lowest BCUT2D eigenvalue weighted by Crippen LogP contribution is -2.23. The highest BCUT2D eigenvalue weighted by atomic mass is 35.5. The van der Waals surface area contributed by atoms with E-state index in [1.165, 1.54) is 18.4 Å². The van der Waals surface area contributed by atoms with Crippen LogP contribution >= 0.6 is 11.6 Å². The molecule has 1 aromatic carbocycles. The van der Waals surface area contributed by atoms with Crippen molar-refractivity contribution in [1.82, 2.24) is 9.88 Å². The second-order valence-corrected chi connectivity index (χ2v) is 5.40. The lowest BCUT2D eigenvalue weighted by atomic mass is 10.2. The number of hydrogen-bond donors (Lipinski definition) is 1. The number of unbranched alkanes of at least 4 members (excludes halogenated alkanes) is 1. The fourth-order valence-corrected chi connectivity index (χ4v) is 2.41. The molecule has 0 saturated carbocycles. The third-order valence-corrected chi connectivity index (χ3v) is 3.47. The van der Waals surface area contributed by atoms with Gasteiger partial charge in [-0.05, 0) is 37.6 Å². The molecule has 0 saturated heterocycles. The number of halogens is 1. The molecule has 3 heteroatoms. The van der Waals surface area contributed by atoms with E-state index in [2.05, 4.69) is 42.1 Å². The topological polar surface area (TPSA) is 17.0 Å². The SMILES string of the molecule is CC(C)NCCCCn1ccc2c(Cl)cccc21. The minimum Gasteiger partial charge on any atom is -0.347 e. The summed E-state index contributed by atoms with van der Waals surface area (Å²) in [6.07, 6.45) is 4.53. The molecule has 0 spiro atoms. The van der Waals surface area contributed by atoms with Gasteiger partial charge in [-0.15, -0.1) is 0 Å². The molecular weight excluding hydrogens is 244 g/mol. The molecular formula is C15H21ClN2. The molecule has 2 aromatic rings. The van der Waals surface area contributed by atoms with Crippen LogP contribution in [0.25, 0.3) is 10.9 Å². The summed E-state index contributed by atoms with van der Waals surface area (Å²) in [6, 6.07) is 8.77. The number of nitrogens with zero attached hydrogens (tertiary/aromatic N) is 1. The third-order valence-electron chi connectivity index (χ3n) is 3.14. The monoisotopic (exact) mass is 264 g/mol. The van der Waals surface area contributed by atoms with Crippen LogP contribution in [0.3, 0.4) is 0 Å². The van der Waals surface area contributed by atoms with E-state index in [0.717, 1.165) is 23.5 Å². The van der Waals surface area contributed by atoms with E-state index >= 15 is 0 Å². The molecule has 0 radical (unpaired) electrons. The Hall–Kier alpha value is -0.990. The molecule has 2 nitrogen and oxygen atoms in total. The zero-order chi connectivity index (χ0) is 13.0. The Morgan fingerprint density at radius 3 is 2.83 bits per heavy atom. The summed E-state index contributed by atoms with van der Waals surface area (Å²) in [5, 5.41) is 5.43. The molecule has 2 rings (SSSR count). The van der Waals surface area contributed by atoms with Crippen LogP contribution in [0.4, 0.5) is 0 Å². The lowest BCUT2D eigenvalue weighted by molar-refractivity contribution is 0.535. The predicted molar refractivity (Wildman–Crippen MR) is 79.3 cm³/mol. The lowest BCUT2D eigenvalue weighted by Gasteiger charge is -2.09. The third kappa shape index (κ3) is 3.27. The number of rotatable bonds is 6. The fraction of sp³-hybridized carbons (Fsp3) is 0.467. The van der Waals surface area contributed by atoms with Crippen molar-refractivity contribution in [3.63, 3.8) is 0 Å². The summed E-state index contributed by atoms with van der Waals surface area (Å²) in [7, 11) is 0. The van der Waals surface area contributed by atoms with E-state index in [4.69, 9.17) is 11.6 Å². The smallest absolute Gasteiger partial charge is 0.0499 e. The van der Waals surface area contributed by atoms with Crippen molar-refractivity contribution in [3.8, 4) is 0 Å². The molecule has 1 aromatic heterocycles. The molecule has 18 heavy (non-hydrogen) atoms. The number of aromatic nitrogens is 1. The number of fused-ring (bicyclic) bond motifs is 1. The van der Waals surface area contributed by atoms with Crippen LogP contribution in [0.2, 0.25) is 5.02 Å². The van der Waals surface area contributed by atoms with Crippen LogP contribution in [0.1, 0.15) is 26.7 Å². The van der Waals surface area contributed by atoms with Crippen LogP contribution in [0, 0.1) is 0 Å². The highest BCUT2D eigenvalue weighted by Gasteiger charge is 2.03. The Bertz CT molecular complexity index is 502. The molecule has 0 aliphatic heterocycles. The number of nitrogens with one attached hydrogen (secondary N) is 1. The van der Waals surface area contributed by atoms with Gasteiger partial charge >= 0.3 is 0 Å². The Balaban J connectivity index is 1.90. The van der Waals surface area contributed by atoms with Crippen molar-refractivity contribution < 1.29 is 0 Å². The van der Waals surface area contributed by atoms with Crippen LogP contribution in [-0.2, 0) is 6.54 Å². The molecule has 1 N–H and O–H groups in total. The van der Waals surface area contributed by atoms with Crippen molar-refractivity contribution in [3.05, 3.63) is 35.5 Å². The quantitative estimate of drug-likeness (QED) is 0.778. The molecule has 0 unspecified atom stereocenters. The van der Waals surface area contributed by atoms with Gasteiger partial charge in [-0.1, -0.05) is 31.5 Å². The van der Waals surface area contributed by atoms with E-state index in [9.17, 15) is 0 Å².